The molecule has 0 aromatic rings. The lowest BCUT2D eigenvalue weighted by atomic mass is 10.1. The third kappa shape index (κ3) is 8.30. The van der Waals surface area contributed by atoms with Gasteiger partial charge in [-0.05, 0) is 6.92 Å². The summed E-state index contributed by atoms with van der Waals surface area (Å²) in [5, 5.41) is 31.6. The van der Waals surface area contributed by atoms with Crippen LogP contribution in [-0.4, -0.2) is 87.9 Å². The third-order valence-electron chi connectivity index (χ3n) is 3.18. The van der Waals surface area contributed by atoms with Gasteiger partial charge in [0.25, 0.3) is 11.8 Å². The van der Waals surface area contributed by atoms with Crippen molar-refractivity contribution in [1.29, 1.82) is 0 Å². The number of nitrogens with zero attached hydrogens (tertiary/aromatic N) is 1. The van der Waals surface area contributed by atoms with E-state index in [4.69, 9.17) is 21.7 Å². The summed E-state index contributed by atoms with van der Waals surface area (Å²) in [6.07, 6.45) is -2.11. The summed E-state index contributed by atoms with van der Waals surface area (Å²) in [5.74, 6) is -4.39. The highest BCUT2D eigenvalue weighted by Gasteiger charge is 2.29. The van der Waals surface area contributed by atoms with Gasteiger partial charge in [-0.1, -0.05) is 0 Å². The molecule has 0 spiro atoms. The van der Waals surface area contributed by atoms with E-state index in [0.717, 1.165) is 14.0 Å². The molecule has 0 aliphatic rings. The maximum absolute atomic E-state index is 12.2. The first-order valence-electron chi connectivity index (χ1n) is 7.61. The molecular weight excluding hydrogens is 368 g/mol. The Labute approximate surface area is 153 Å². The number of aliphatic hydroxyl groups is 2. The van der Waals surface area contributed by atoms with Crippen LogP contribution >= 0.6 is 0 Å². The Hall–Kier alpha value is -2.97. The van der Waals surface area contributed by atoms with E-state index in [9.17, 15) is 29.1 Å². The van der Waals surface area contributed by atoms with Crippen LogP contribution < -0.4 is 27.5 Å². The summed E-state index contributed by atoms with van der Waals surface area (Å²) in [4.78, 5) is 57.8. The van der Waals surface area contributed by atoms with Crippen LogP contribution in [-0.2, 0) is 19.2 Å². The predicted molar refractivity (Wildman–Crippen MR) is 88.3 cm³/mol. The van der Waals surface area contributed by atoms with Crippen molar-refractivity contribution in [3.05, 3.63) is 0 Å². The molecule has 0 aliphatic heterocycles. The molecule has 27 heavy (non-hydrogen) atoms. The Morgan fingerprint density at radius 2 is 1.70 bits per heavy atom. The molecule has 0 rings (SSSR count). The average Bonchev–Trinajstić information content (AvgIpc) is 2.56. The first kappa shape index (κ1) is 24.0. The molecule has 1 unspecified atom stereocenters. The van der Waals surface area contributed by atoms with Gasteiger partial charge in [0.05, 0.1) is 19.1 Å². The minimum absolute atomic E-state index is 0.645. The van der Waals surface area contributed by atoms with Gasteiger partial charge >= 0.3 is 12.0 Å². The number of amides is 5. The number of aliphatic hydroxyl groups excluding tert-OH is 2. The van der Waals surface area contributed by atoms with Crippen LogP contribution in [0.15, 0.2) is 0 Å². The number of nitrogens with two attached hydrogens (primary N) is 2. The summed E-state index contributed by atoms with van der Waals surface area (Å²) in [6, 6.07) is -5.71. The van der Waals surface area contributed by atoms with Crippen molar-refractivity contribution in [1.82, 2.24) is 21.1 Å². The fourth-order valence-corrected chi connectivity index (χ4v) is 1.77. The molecule has 0 saturated carbocycles. The quantitative estimate of drug-likeness (QED) is 0.175. The van der Waals surface area contributed by atoms with Crippen molar-refractivity contribution >= 4 is 29.7 Å². The third-order valence-corrected chi connectivity index (χ3v) is 3.18. The maximum atomic E-state index is 12.2. The Bertz CT molecular complexity index is 583. The molecule has 10 N–H and O–H groups in total. The number of hydrogen-bond acceptors (Lipinski definition) is 8. The van der Waals surface area contributed by atoms with E-state index >= 15 is 0 Å². The number of hydrogen-bond donors (Lipinski definition) is 8. The van der Waals surface area contributed by atoms with Gasteiger partial charge in [-0.3, -0.25) is 24.8 Å². The lowest BCUT2D eigenvalue weighted by Gasteiger charge is -2.25. The fourth-order valence-electron chi connectivity index (χ4n) is 1.77. The first-order chi connectivity index (χ1) is 12.4. The number of rotatable bonds is 9. The molecule has 0 heterocycles. The number of likely N-dealkylation sites (N-methyl/N-ethyl adjacent to an activating group) is 1. The molecule has 0 saturated heterocycles. The molecule has 4 atom stereocenters. The van der Waals surface area contributed by atoms with Crippen LogP contribution in [0.3, 0.4) is 0 Å². The maximum Gasteiger partial charge on any atom is 0.328 e. The van der Waals surface area contributed by atoms with E-state index in [1.165, 1.54) is 0 Å². The van der Waals surface area contributed by atoms with E-state index < -0.39 is 67.0 Å². The second kappa shape index (κ2) is 10.9. The number of urea groups is 1. The normalized spacial score (nSPS) is 14.9. The molecular formula is C13H24N6O8. The van der Waals surface area contributed by atoms with Crippen molar-refractivity contribution < 1.29 is 39.3 Å². The number of aliphatic carboxylic acids is 1. The van der Waals surface area contributed by atoms with E-state index in [0.29, 0.717) is 5.01 Å². The van der Waals surface area contributed by atoms with Gasteiger partial charge in [-0.25, -0.2) is 9.59 Å². The van der Waals surface area contributed by atoms with Gasteiger partial charge in [0.2, 0.25) is 5.91 Å². The smallest absolute Gasteiger partial charge is 0.328 e. The largest absolute Gasteiger partial charge is 0.480 e. The summed E-state index contributed by atoms with van der Waals surface area (Å²) in [7, 11) is 1.12. The standard InChI is InChI=1S/C13H24N6O8/c1-5(21)9(12(25)26)17-13(27)16-7(3-8(15)22)10(23)18-19(2)11(24)6(14)4-20/h5-7,9,20-21H,3-4,14H2,1-2H3,(H2,15,22)(H,18,23)(H,25,26)(H2,16,17,27)/t5?,6-,7-,9-/m0/s1. The van der Waals surface area contributed by atoms with E-state index in [1.807, 2.05) is 16.1 Å². The molecule has 0 aromatic carbocycles. The summed E-state index contributed by atoms with van der Waals surface area (Å²) in [6.45, 7) is 0.442. The van der Waals surface area contributed by atoms with E-state index in [1.54, 1.807) is 0 Å². The lowest BCUT2D eigenvalue weighted by molar-refractivity contribution is -0.142. The second-order valence-corrected chi connectivity index (χ2v) is 5.56. The molecule has 154 valence electrons. The zero-order valence-corrected chi connectivity index (χ0v) is 14.7. The Morgan fingerprint density at radius 3 is 2.11 bits per heavy atom. The number of carbonyl (C=O) groups is 5. The minimum atomic E-state index is -1.67. The highest BCUT2D eigenvalue weighted by Crippen LogP contribution is 1.97. The molecule has 0 aromatic heterocycles. The van der Waals surface area contributed by atoms with Gasteiger partial charge in [0, 0.05) is 7.05 Å². The Kier molecular flexibility index (Phi) is 9.70. The number of hydrazine groups is 1. The summed E-state index contributed by atoms with van der Waals surface area (Å²) >= 11 is 0. The van der Waals surface area contributed by atoms with Crippen LogP contribution in [0.1, 0.15) is 13.3 Å². The topological polar surface area (TPSA) is 237 Å². The predicted octanol–water partition coefficient (Wildman–Crippen LogP) is -4.83. The number of carbonyl (C=O) groups excluding carboxylic acids is 4. The van der Waals surface area contributed by atoms with E-state index in [-0.39, 0.29) is 0 Å². The van der Waals surface area contributed by atoms with Gasteiger partial charge in [0.15, 0.2) is 6.04 Å². The van der Waals surface area contributed by atoms with Crippen LogP contribution in [0.25, 0.3) is 0 Å². The molecule has 5 amide bonds. The van der Waals surface area contributed by atoms with Crippen molar-refractivity contribution in [3.8, 4) is 0 Å². The molecule has 0 bridgehead atoms. The SMILES string of the molecule is CC(O)[C@H](NC(=O)N[C@@H](CC(N)=O)C(=O)NN(C)C(=O)[C@@H](N)CO)C(=O)O. The van der Waals surface area contributed by atoms with Crippen molar-refractivity contribution in [2.45, 2.75) is 37.6 Å². The number of nitrogens with one attached hydrogen (secondary N) is 3. The highest BCUT2D eigenvalue weighted by molar-refractivity contribution is 5.93. The van der Waals surface area contributed by atoms with Crippen molar-refractivity contribution in [2.75, 3.05) is 13.7 Å². The highest BCUT2D eigenvalue weighted by atomic mass is 16.4. The number of carboxylic acids is 1. The van der Waals surface area contributed by atoms with Gasteiger partial charge < -0.3 is 37.4 Å². The summed E-state index contributed by atoms with van der Waals surface area (Å²) < 4.78 is 0. The van der Waals surface area contributed by atoms with Crippen LogP contribution in [0.5, 0.6) is 0 Å². The van der Waals surface area contributed by atoms with Crippen LogP contribution in [0, 0.1) is 0 Å². The van der Waals surface area contributed by atoms with Gasteiger partial charge in [0.1, 0.15) is 12.1 Å². The monoisotopic (exact) mass is 392 g/mol. The first-order valence-corrected chi connectivity index (χ1v) is 7.61. The minimum Gasteiger partial charge on any atom is -0.480 e. The fraction of sp³-hybridized carbons (Fsp3) is 0.615. The van der Waals surface area contributed by atoms with E-state index in [2.05, 4.69) is 0 Å². The van der Waals surface area contributed by atoms with Crippen molar-refractivity contribution in [2.24, 2.45) is 11.5 Å². The Morgan fingerprint density at radius 1 is 1.15 bits per heavy atom. The van der Waals surface area contributed by atoms with Gasteiger partial charge in [-0.15, -0.1) is 0 Å². The number of carboxylic acid groups (broad SMARTS) is 1. The zero-order chi connectivity index (χ0) is 21.3. The average molecular weight is 392 g/mol. The Balaban J connectivity index is 5.08. The summed E-state index contributed by atoms with van der Waals surface area (Å²) in [5.41, 5.74) is 12.4. The van der Waals surface area contributed by atoms with Gasteiger partial charge in [-0.2, -0.15) is 0 Å². The molecule has 0 aliphatic carbocycles. The second-order valence-electron chi connectivity index (χ2n) is 5.56. The van der Waals surface area contributed by atoms with Crippen molar-refractivity contribution in [3.63, 3.8) is 0 Å². The molecule has 14 heteroatoms. The molecule has 0 radical (unpaired) electrons. The van der Waals surface area contributed by atoms with Crippen LogP contribution in [0.2, 0.25) is 0 Å². The van der Waals surface area contributed by atoms with Crippen LogP contribution in [0.4, 0.5) is 4.79 Å². The molecule has 14 nitrogen and oxygen atoms in total. The number of primary amides is 1. The zero-order valence-electron chi connectivity index (χ0n) is 14.7. The molecule has 0 fully saturated rings. The lowest BCUT2D eigenvalue weighted by Crippen LogP contribution is -2.59.